The molecule has 0 bridgehead atoms. The molecule has 2 amide bonds. The third-order valence-electron chi connectivity index (χ3n) is 8.39. The number of anilines is 2. The molecule has 230 valence electrons. The van der Waals surface area contributed by atoms with Crippen LogP contribution < -0.4 is 10.6 Å². The third-order valence-corrected chi connectivity index (χ3v) is 8.39. The highest BCUT2D eigenvalue weighted by molar-refractivity contribution is 6.15. The maximum atomic E-state index is 13.4. The maximum Gasteiger partial charge on any atom is 0.273 e. The number of carbonyl (C=O) groups is 3. The summed E-state index contributed by atoms with van der Waals surface area (Å²) in [5.41, 5.74) is 5.81. The van der Waals surface area contributed by atoms with Gasteiger partial charge in [0.25, 0.3) is 5.91 Å². The second kappa shape index (κ2) is 13.0. The monoisotopic (exact) mass is 604 g/mol. The zero-order valence-corrected chi connectivity index (χ0v) is 25.4. The minimum absolute atomic E-state index is 0.162. The summed E-state index contributed by atoms with van der Waals surface area (Å²) in [6.45, 7) is 4.65. The molecule has 4 aromatic rings. The van der Waals surface area contributed by atoms with E-state index in [9.17, 15) is 19.5 Å². The van der Waals surface area contributed by atoms with Gasteiger partial charge in [0, 0.05) is 55.4 Å². The maximum absolute atomic E-state index is 13.4. The van der Waals surface area contributed by atoms with E-state index in [2.05, 4.69) is 37.8 Å². The van der Waals surface area contributed by atoms with Gasteiger partial charge in [-0.1, -0.05) is 36.4 Å². The number of aryl methyl sites for hydroxylation is 2. The van der Waals surface area contributed by atoms with Crippen LogP contribution in [0.5, 0.6) is 0 Å². The normalized spacial score (nSPS) is 17.0. The van der Waals surface area contributed by atoms with Crippen LogP contribution in [0.25, 0.3) is 0 Å². The van der Waals surface area contributed by atoms with Crippen LogP contribution in [0.15, 0.2) is 77.8 Å². The molecule has 0 aliphatic carbocycles. The average Bonchev–Trinajstić information content (AvgIpc) is 3.55. The number of carbonyl (C=O) groups excluding carboxylic acids is 3. The number of ketones is 1. The Morgan fingerprint density at radius 2 is 1.80 bits per heavy atom. The average molecular weight is 605 g/mol. The highest BCUT2D eigenvalue weighted by Gasteiger charge is 2.30. The molecule has 1 aromatic heterocycles. The Hall–Kier alpha value is -4.93. The first-order valence-corrected chi connectivity index (χ1v) is 15.2. The van der Waals surface area contributed by atoms with Gasteiger partial charge in [0.1, 0.15) is 11.6 Å². The van der Waals surface area contributed by atoms with Crippen LogP contribution >= 0.6 is 0 Å². The summed E-state index contributed by atoms with van der Waals surface area (Å²) in [7, 11) is 1.70. The van der Waals surface area contributed by atoms with Gasteiger partial charge in [-0.15, -0.1) is 0 Å². The second-order valence-electron chi connectivity index (χ2n) is 11.7. The van der Waals surface area contributed by atoms with Crippen molar-refractivity contribution >= 4 is 40.9 Å². The summed E-state index contributed by atoms with van der Waals surface area (Å²) < 4.78 is 1.51. The standard InChI is InChI=1S/C35H36N6O4/c1-22-18-32(40(2)39-22)35(45)37-27-5-3-4-24(19-27)33(43)25-8-11-29-30(34(44)38-31(29)20-25)21-36-26-9-6-23(7-10-26)12-15-41-16-13-28(42)14-17-41/h3-11,18-21,28,30,42H,12-17H2,1-2H3,(H,37,45)(H,38,44). The molecular weight excluding hydrogens is 568 g/mol. The molecule has 0 saturated carbocycles. The fourth-order valence-corrected chi connectivity index (χ4v) is 5.84. The molecule has 2 aliphatic rings. The minimum Gasteiger partial charge on any atom is -0.393 e. The van der Waals surface area contributed by atoms with E-state index in [0.29, 0.717) is 28.2 Å². The SMILES string of the molecule is Cc1cc(C(=O)Nc2cccc(C(=O)c3ccc4c(c3)NC(=O)C4C=Nc3ccc(CCN4CCC(O)CC4)cc3)c2)n(C)n1. The van der Waals surface area contributed by atoms with Crippen molar-refractivity contribution < 1.29 is 19.5 Å². The molecule has 10 nitrogen and oxygen atoms in total. The Kier molecular flexibility index (Phi) is 8.68. The lowest BCUT2D eigenvalue weighted by molar-refractivity contribution is -0.115. The predicted octanol–water partition coefficient (Wildman–Crippen LogP) is 4.65. The van der Waals surface area contributed by atoms with Crippen molar-refractivity contribution in [2.24, 2.45) is 12.0 Å². The van der Waals surface area contributed by atoms with Crippen LogP contribution in [0.4, 0.5) is 17.1 Å². The van der Waals surface area contributed by atoms with E-state index in [-0.39, 0.29) is 23.7 Å². The lowest BCUT2D eigenvalue weighted by Crippen LogP contribution is -2.37. The van der Waals surface area contributed by atoms with Gasteiger partial charge in [-0.2, -0.15) is 5.10 Å². The smallest absolute Gasteiger partial charge is 0.273 e. The number of piperidine rings is 1. The van der Waals surface area contributed by atoms with E-state index in [4.69, 9.17) is 0 Å². The molecule has 3 heterocycles. The van der Waals surface area contributed by atoms with Crippen molar-refractivity contribution in [3.63, 3.8) is 0 Å². The third kappa shape index (κ3) is 6.92. The Labute approximate surface area is 261 Å². The highest BCUT2D eigenvalue weighted by Crippen LogP contribution is 2.33. The van der Waals surface area contributed by atoms with E-state index in [1.807, 2.05) is 19.1 Å². The van der Waals surface area contributed by atoms with Crippen LogP contribution in [-0.4, -0.2) is 69.3 Å². The van der Waals surface area contributed by atoms with Crippen LogP contribution in [0.1, 0.15) is 62.0 Å². The van der Waals surface area contributed by atoms with Crippen LogP contribution in [0, 0.1) is 6.92 Å². The first kappa shape index (κ1) is 30.1. The summed E-state index contributed by atoms with van der Waals surface area (Å²) in [6, 6.07) is 21.7. The number of likely N-dealkylation sites (tertiary alicyclic amines) is 1. The van der Waals surface area contributed by atoms with E-state index >= 15 is 0 Å². The van der Waals surface area contributed by atoms with Gasteiger partial charge >= 0.3 is 0 Å². The molecule has 1 atom stereocenters. The number of aliphatic hydroxyl groups excluding tert-OH is 1. The number of nitrogens with zero attached hydrogens (tertiary/aromatic N) is 4. The Balaban J connectivity index is 1.09. The molecule has 10 heteroatoms. The molecule has 45 heavy (non-hydrogen) atoms. The van der Waals surface area contributed by atoms with E-state index in [1.165, 1.54) is 10.2 Å². The van der Waals surface area contributed by atoms with Crippen LogP contribution in [0.3, 0.4) is 0 Å². The molecule has 0 radical (unpaired) electrons. The van der Waals surface area contributed by atoms with Crippen LogP contribution in [-0.2, 0) is 18.3 Å². The minimum atomic E-state index is -0.563. The molecule has 0 spiro atoms. The zero-order chi connectivity index (χ0) is 31.5. The molecule has 1 saturated heterocycles. The summed E-state index contributed by atoms with van der Waals surface area (Å²) in [5.74, 6) is -1.31. The van der Waals surface area contributed by atoms with Gasteiger partial charge in [-0.3, -0.25) is 24.1 Å². The number of nitrogens with one attached hydrogen (secondary N) is 2. The molecule has 2 aliphatic heterocycles. The van der Waals surface area contributed by atoms with Crippen molar-refractivity contribution in [1.29, 1.82) is 0 Å². The first-order valence-electron chi connectivity index (χ1n) is 15.2. The van der Waals surface area contributed by atoms with Crippen molar-refractivity contribution in [3.05, 3.63) is 106 Å². The summed E-state index contributed by atoms with van der Waals surface area (Å²) in [5, 5.41) is 19.6. The van der Waals surface area contributed by atoms with E-state index < -0.39 is 5.92 Å². The summed E-state index contributed by atoms with van der Waals surface area (Å²) >= 11 is 0. The van der Waals surface area contributed by atoms with Crippen molar-refractivity contribution in [2.45, 2.75) is 38.2 Å². The van der Waals surface area contributed by atoms with Gasteiger partial charge in [0.15, 0.2) is 5.78 Å². The quantitative estimate of drug-likeness (QED) is 0.189. The lowest BCUT2D eigenvalue weighted by Gasteiger charge is -2.29. The first-order chi connectivity index (χ1) is 21.7. The Morgan fingerprint density at radius 3 is 2.53 bits per heavy atom. The fourth-order valence-electron chi connectivity index (χ4n) is 5.84. The molecule has 3 N–H and O–H groups in total. The number of fused-ring (bicyclic) bond motifs is 1. The summed E-state index contributed by atoms with van der Waals surface area (Å²) in [4.78, 5) is 45.9. The number of aliphatic hydroxyl groups is 1. The molecule has 1 fully saturated rings. The van der Waals surface area contributed by atoms with E-state index in [1.54, 1.807) is 61.8 Å². The molecule has 1 unspecified atom stereocenters. The number of aromatic nitrogens is 2. The second-order valence-corrected chi connectivity index (χ2v) is 11.7. The molecule has 6 rings (SSSR count). The van der Waals surface area contributed by atoms with Gasteiger partial charge in [0.05, 0.1) is 17.5 Å². The van der Waals surface area contributed by atoms with E-state index in [0.717, 1.165) is 55.8 Å². The topological polar surface area (TPSA) is 129 Å². The Bertz CT molecular complexity index is 1770. The van der Waals surface area contributed by atoms with Crippen molar-refractivity contribution in [3.8, 4) is 0 Å². The lowest BCUT2D eigenvalue weighted by atomic mass is 9.97. The van der Waals surface area contributed by atoms with Gasteiger partial charge in [-0.05, 0) is 73.7 Å². The summed E-state index contributed by atoms with van der Waals surface area (Å²) in [6.07, 6.45) is 4.10. The van der Waals surface area contributed by atoms with Crippen LogP contribution in [0.2, 0.25) is 0 Å². The number of benzene rings is 3. The highest BCUT2D eigenvalue weighted by atomic mass is 16.3. The number of hydrogen-bond acceptors (Lipinski definition) is 7. The largest absolute Gasteiger partial charge is 0.393 e. The molecular formula is C35H36N6O4. The number of amides is 2. The number of aliphatic imine (C=N–C) groups is 1. The number of hydrogen-bond donors (Lipinski definition) is 3. The zero-order valence-electron chi connectivity index (χ0n) is 25.4. The Morgan fingerprint density at radius 1 is 1.04 bits per heavy atom. The van der Waals surface area contributed by atoms with Crippen molar-refractivity contribution in [1.82, 2.24) is 14.7 Å². The van der Waals surface area contributed by atoms with Gasteiger partial charge < -0.3 is 20.6 Å². The van der Waals surface area contributed by atoms with Gasteiger partial charge in [0.2, 0.25) is 5.91 Å². The van der Waals surface area contributed by atoms with Gasteiger partial charge in [-0.25, -0.2) is 0 Å². The number of rotatable bonds is 9. The molecule has 3 aromatic carbocycles. The predicted molar refractivity (Wildman–Crippen MR) is 174 cm³/mol. The van der Waals surface area contributed by atoms with Crippen molar-refractivity contribution in [2.75, 3.05) is 30.3 Å². The fraction of sp³-hybridized carbons (Fsp3) is 0.286.